The van der Waals surface area contributed by atoms with Gasteiger partial charge >= 0.3 is 11.6 Å². The second kappa shape index (κ2) is 7.70. The summed E-state index contributed by atoms with van der Waals surface area (Å²) in [4.78, 5) is 34.1. The van der Waals surface area contributed by atoms with Crippen LogP contribution >= 0.6 is 0 Å². The van der Waals surface area contributed by atoms with E-state index in [1.807, 2.05) is 23.5 Å². The molecule has 0 saturated carbocycles. The third kappa shape index (κ3) is 3.58. The number of nitroso groups, excluding NO2 is 1. The topological polar surface area (TPSA) is 132 Å². The lowest BCUT2D eigenvalue weighted by Crippen LogP contribution is -2.45. The van der Waals surface area contributed by atoms with Crippen molar-refractivity contribution < 1.29 is 29.2 Å². The molecular formula is C19H15N3O6. The maximum absolute atomic E-state index is 12.2. The number of fused-ring (bicyclic) bond motifs is 1. The van der Waals surface area contributed by atoms with Crippen molar-refractivity contribution in [2.45, 2.75) is 6.92 Å². The predicted molar refractivity (Wildman–Crippen MR) is 95.6 cm³/mol. The molecule has 0 atom stereocenters. The number of aryl methyl sites for hydroxylation is 1. The van der Waals surface area contributed by atoms with Gasteiger partial charge in [0.25, 0.3) is 0 Å². The zero-order valence-electron chi connectivity index (χ0n) is 14.7. The van der Waals surface area contributed by atoms with Crippen LogP contribution in [0.25, 0.3) is 10.8 Å². The number of hydrogen-bond acceptors (Lipinski definition) is 7. The third-order valence-electron chi connectivity index (χ3n) is 4.06. The first-order valence-electron chi connectivity index (χ1n) is 8.18. The van der Waals surface area contributed by atoms with Gasteiger partial charge in [-0.25, -0.2) is 0 Å². The Bertz CT molecular complexity index is 1080. The lowest BCUT2D eigenvalue weighted by atomic mass is 10.1. The third-order valence-corrected chi connectivity index (χ3v) is 4.06. The Morgan fingerprint density at radius 1 is 1.14 bits per heavy atom. The molecule has 2 aromatic carbocycles. The minimum Gasteiger partial charge on any atom is -0.548 e. The molecule has 0 aliphatic rings. The zero-order valence-corrected chi connectivity index (χ0v) is 14.7. The van der Waals surface area contributed by atoms with Gasteiger partial charge in [0.1, 0.15) is 11.5 Å². The van der Waals surface area contributed by atoms with Crippen LogP contribution in [-0.2, 0) is 4.79 Å². The summed E-state index contributed by atoms with van der Waals surface area (Å²) in [5, 5.41) is 26.6. The molecule has 2 N–H and O–H groups in total. The molecular weight excluding hydrogens is 366 g/mol. The van der Waals surface area contributed by atoms with Gasteiger partial charge in [0.05, 0.1) is 17.9 Å². The molecule has 0 bridgehead atoms. The van der Waals surface area contributed by atoms with Gasteiger partial charge in [-0.15, -0.1) is 0 Å². The van der Waals surface area contributed by atoms with Crippen molar-refractivity contribution in [3.8, 4) is 17.2 Å². The van der Waals surface area contributed by atoms with Gasteiger partial charge < -0.3 is 25.1 Å². The van der Waals surface area contributed by atoms with Crippen molar-refractivity contribution in [1.29, 1.82) is 0 Å². The Morgan fingerprint density at radius 3 is 2.50 bits per heavy atom. The maximum Gasteiger partial charge on any atom is 0.347 e. The number of ether oxygens (including phenoxy) is 1. The average Bonchev–Trinajstić information content (AvgIpc) is 2.69. The highest BCUT2D eigenvalue weighted by molar-refractivity contribution is 6.01. The summed E-state index contributed by atoms with van der Waals surface area (Å²) in [6, 6.07) is 13.7. The minimum atomic E-state index is -1.52. The summed E-state index contributed by atoms with van der Waals surface area (Å²) < 4.78 is 6.45. The zero-order chi connectivity index (χ0) is 20.3. The lowest BCUT2D eigenvalue weighted by molar-refractivity contribution is -0.688. The maximum atomic E-state index is 12.2. The number of para-hydroxylation sites is 1. The van der Waals surface area contributed by atoms with Crippen molar-refractivity contribution in [2.75, 3.05) is 6.54 Å². The summed E-state index contributed by atoms with van der Waals surface area (Å²) in [7, 11) is 0. The number of aromatic hydroxyl groups is 1. The van der Waals surface area contributed by atoms with Gasteiger partial charge in [0, 0.05) is 12.3 Å². The number of aliphatic carboxylic acids is 1. The molecule has 9 heteroatoms. The highest BCUT2D eigenvalue weighted by Gasteiger charge is 2.32. The molecule has 9 nitrogen and oxygen atoms in total. The molecule has 0 fully saturated rings. The van der Waals surface area contributed by atoms with Gasteiger partial charge in [-0.3, -0.25) is 4.79 Å². The Labute approximate surface area is 158 Å². The van der Waals surface area contributed by atoms with Crippen LogP contribution in [0.4, 0.5) is 0 Å². The highest BCUT2D eigenvalue weighted by Crippen LogP contribution is 2.32. The van der Waals surface area contributed by atoms with Crippen LogP contribution in [0, 0.1) is 11.8 Å². The SMILES string of the molecule is Cc1c2cc(Oc3ccccc3)ccc2c(O)c(C(=O)NCC(=O)[O-])[n+]1N=O. The number of pyridine rings is 1. The van der Waals surface area contributed by atoms with Crippen molar-refractivity contribution >= 4 is 22.6 Å². The van der Waals surface area contributed by atoms with Crippen LogP contribution in [0.1, 0.15) is 16.2 Å². The first-order valence-corrected chi connectivity index (χ1v) is 8.18. The second-order valence-corrected chi connectivity index (χ2v) is 5.85. The van der Waals surface area contributed by atoms with E-state index in [0.717, 1.165) is 0 Å². The molecule has 0 spiro atoms. The van der Waals surface area contributed by atoms with Crippen molar-refractivity contribution in [3.05, 3.63) is 64.8 Å². The van der Waals surface area contributed by atoms with E-state index in [0.29, 0.717) is 21.6 Å². The lowest BCUT2D eigenvalue weighted by Gasteiger charge is -2.10. The number of amides is 1. The van der Waals surface area contributed by atoms with Gasteiger partial charge in [-0.2, -0.15) is 0 Å². The van der Waals surface area contributed by atoms with Crippen molar-refractivity contribution in [3.63, 3.8) is 0 Å². The number of rotatable bonds is 6. The second-order valence-electron chi connectivity index (χ2n) is 5.85. The van der Waals surface area contributed by atoms with E-state index in [1.54, 1.807) is 24.3 Å². The molecule has 3 aromatic rings. The normalized spacial score (nSPS) is 10.5. The Hall–Kier alpha value is -4.01. The Balaban J connectivity index is 2.09. The summed E-state index contributed by atoms with van der Waals surface area (Å²) in [5.74, 6) is -1.95. The summed E-state index contributed by atoms with van der Waals surface area (Å²) in [6.07, 6.45) is 0. The van der Waals surface area contributed by atoms with E-state index in [-0.39, 0.29) is 11.1 Å². The molecule has 142 valence electrons. The number of aromatic nitrogens is 1. The number of hydrogen-bond donors (Lipinski definition) is 2. The molecule has 1 aromatic heterocycles. The van der Waals surface area contributed by atoms with Crippen LogP contribution in [0.5, 0.6) is 17.2 Å². The largest absolute Gasteiger partial charge is 0.548 e. The first kappa shape index (κ1) is 18.8. The number of carboxylic acids is 1. The molecule has 0 unspecified atom stereocenters. The van der Waals surface area contributed by atoms with E-state index in [2.05, 4.69) is 5.29 Å². The minimum absolute atomic E-state index is 0.264. The number of nitrogens with one attached hydrogen (secondary N) is 1. The Kier molecular flexibility index (Phi) is 5.16. The van der Waals surface area contributed by atoms with Crippen LogP contribution in [0.3, 0.4) is 0 Å². The van der Waals surface area contributed by atoms with Gasteiger partial charge in [-0.05, 0) is 35.0 Å². The smallest absolute Gasteiger partial charge is 0.347 e. The van der Waals surface area contributed by atoms with E-state index in [1.165, 1.54) is 13.0 Å². The molecule has 28 heavy (non-hydrogen) atoms. The fourth-order valence-corrected chi connectivity index (χ4v) is 2.77. The molecule has 0 saturated heterocycles. The fraction of sp³-hybridized carbons (Fsp3) is 0.105. The summed E-state index contributed by atoms with van der Waals surface area (Å²) in [5.41, 5.74) is -0.210. The fourth-order valence-electron chi connectivity index (χ4n) is 2.77. The van der Waals surface area contributed by atoms with Gasteiger partial charge in [0.2, 0.25) is 16.7 Å². The average molecular weight is 381 g/mol. The monoisotopic (exact) mass is 381 g/mol. The van der Waals surface area contributed by atoms with E-state index >= 15 is 0 Å². The molecule has 3 rings (SSSR count). The van der Waals surface area contributed by atoms with Crippen molar-refractivity contribution in [1.82, 2.24) is 5.32 Å². The molecule has 0 radical (unpaired) electrons. The van der Waals surface area contributed by atoms with E-state index in [4.69, 9.17) is 4.74 Å². The molecule has 0 aliphatic heterocycles. The molecule has 0 aliphatic carbocycles. The van der Waals surface area contributed by atoms with Gasteiger partial charge in [-0.1, -0.05) is 23.1 Å². The number of carbonyl (C=O) groups is 2. The molecule has 1 amide bonds. The quantitative estimate of drug-likeness (QED) is 0.482. The standard InChI is InChI=1S/C19H15N3O6/c1-11-15-9-13(28-12-5-3-2-4-6-12)7-8-14(15)18(25)17(22(11)21-27)19(26)20-10-16(23)24/h2-9H,10H2,1H3,(H2-,20,23,24,25,26). The van der Waals surface area contributed by atoms with Crippen LogP contribution in [0.15, 0.2) is 53.8 Å². The van der Waals surface area contributed by atoms with E-state index < -0.39 is 29.9 Å². The van der Waals surface area contributed by atoms with Gasteiger partial charge in [0.15, 0.2) is 0 Å². The Morgan fingerprint density at radius 2 is 1.86 bits per heavy atom. The molecule has 1 heterocycles. The van der Waals surface area contributed by atoms with Crippen LogP contribution < -0.4 is 19.8 Å². The summed E-state index contributed by atoms with van der Waals surface area (Å²) in [6.45, 7) is 0.753. The predicted octanol–water partition coefficient (Wildman–Crippen LogP) is 0.943. The number of benzene rings is 2. The highest BCUT2D eigenvalue weighted by atomic mass is 16.5. The number of carboxylic acid groups (broad SMARTS) is 1. The first-order chi connectivity index (χ1) is 13.4. The van der Waals surface area contributed by atoms with Crippen LogP contribution in [-0.4, -0.2) is 23.5 Å². The summed E-state index contributed by atoms with van der Waals surface area (Å²) >= 11 is 0. The van der Waals surface area contributed by atoms with E-state index in [9.17, 15) is 24.7 Å². The van der Waals surface area contributed by atoms with Crippen molar-refractivity contribution in [2.24, 2.45) is 5.29 Å². The number of carbonyl (C=O) groups excluding carboxylic acids is 2. The number of nitrogens with zero attached hydrogens (tertiary/aromatic N) is 2. The van der Waals surface area contributed by atoms with Crippen LogP contribution in [0.2, 0.25) is 0 Å².